The van der Waals surface area contributed by atoms with E-state index in [1.165, 1.54) is 17.8 Å². The molecule has 2 heterocycles. The van der Waals surface area contributed by atoms with Crippen molar-refractivity contribution in [2.24, 2.45) is 0 Å². The van der Waals surface area contributed by atoms with Crippen LogP contribution in [-0.4, -0.2) is 41.5 Å². The lowest BCUT2D eigenvalue weighted by molar-refractivity contribution is 0.0802. The van der Waals surface area contributed by atoms with Gasteiger partial charge in [-0.2, -0.15) is 0 Å². The lowest BCUT2D eigenvalue weighted by atomic mass is 9.99. The summed E-state index contributed by atoms with van der Waals surface area (Å²) in [5, 5.41) is 11.0. The number of hydrogen-bond donors (Lipinski definition) is 1. The third-order valence-electron chi connectivity index (χ3n) is 3.43. The molecule has 0 spiro atoms. The quantitative estimate of drug-likeness (QED) is 0.843. The number of Topliss-reactive ketones (excluding diaryl/α,β-unsaturated/α-hetero) is 1. The third kappa shape index (κ3) is 3.41. The molecule has 0 saturated carbocycles. The van der Waals surface area contributed by atoms with Crippen molar-refractivity contribution in [3.63, 3.8) is 0 Å². The van der Waals surface area contributed by atoms with E-state index in [2.05, 4.69) is 20.8 Å². The normalized spacial score (nSPS) is 21.1. The van der Waals surface area contributed by atoms with Gasteiger partial charge < -0.3 is 5.11 Å². The second kappa shape index (κ2) is 6.80. The number of aliphatic hydroxyl groups is 1. The number of ketones is 1. The number of hydrogen-bond acceptors (Lipinski definition) is 4. The van der Waals surface area contributed by atoms with Crippen LogP contribution in [0.5, 0.6) is 0 Å². The second-order valence-corrected chi connectivity index (χ2v) is 6.42. The summed E-state index contributed by atoms with van der Waals surface area (Å²) in [7, 11) is 0. The van der Waals surface area contributed by atoms with Crippen LogP contribution in [0, 0.1) is 0 Å². The Labute approximate surface area is 120 Å². The lowest BCUT2D eigenvalue weighted by Gasteiger charge is -2.34. The minimum atomic E-state index is 0.182. The molecule has 1 N–H and O–H groups in total. The van der Waals surface area contributed by atoms with E-state index in [-0.39, 0.29) is 12.4 Å². The fourth-order valence-electron chi connectivity index (χ4n) is 2.49. The average molecular weight is 332 g/mol. The Morgan fingerprint density at radius 2 is 2.39 bits per heavy atom. The molecular weight excluding hydrogens is 314 g/mol. The van der Waals surface area contributed by atoms with Gasteiger partial charge in [-0.05, 0) is 53.2 Å². The van der Waals surface area contributed by atoms with E-state index in [0.29, 0.717) is 12.6 Å². The van der Waals surface area contributed by atoms with Gasteiger partial charge in [0.1, 0.15) is 0 Å². The summed E-state index contributed by atoms with van der Waals surface area (Å²) in [5.74, 6) is 0.182. The number of carbonyl (C=O) groups is 1. The molecule has 100 valence electrons. The van der Waals surface area contributed by atoms with E-state index in [1.54, 1.807) is 0 Å². The molecule has 1 atom stereocenters. The van der Waals surface area contributed by atoms with Gasteiger partial charge in [-0.3, -0.25) is 9.69 Å². The number of nitrogens with zero attached hydrogens (tertiary/aromatic N) is 1. The highest BCUT2D eigenvalue weighted by Gasteiger charge is 2.25. The molecule has 1 fully saturated rings. The number of rotatable bonds is 5. The molecule has 3 nitrogen and oxygen atoms in total. The first-order valence-electron chi connectivity index (χ1n) is 6.33. The Balaban J connectivity index is 1.98. The summed E-state index contributed by atoms with van der Waals surface area (Å²) in [6.07, 6.45) is 4.23. The monoisotopic (exact) mass is 331 g/mol. The number of halogens is 1. The van der Waals surface area contributed by atoms with Crippen molar-refractivity contribution in [2.45, 2.75) is 31.7 Å². The first-order valence-corrected chi connectivity index (χ1v) is 8.00. The Morgan fingerprint density at radius 1 is 1.56 bits per heavy atom. The zero-order valence-electron chi connectivity index (χ0n) is 10.3. The Kier molecular flexibility index (Phi) is 5.36. The van der Waals surface area contributed by atoms with E-state index >= 15 is 0 Å². The van der Waals surface area contributed by atoms with Gasteiger partial charge in [0, 0.05) is 17.1 Å². The molecule has 1 aromatic heterocycles. The zero-order valence-corrected chi connectivity index (χ0v) is 12.7. The largest absolute Gasteiger partial charge is 0.396 e. The van der Waals surface area contributed by atoms with Gasteiger partial charge in [0.25, 0.3) is 0 Å². The number of likely N-dealkylation sites (tertiary alicyclic amines) is 1. The van der Waals surface area contributed by atoms with Crippen LogP contribution in [0.3, 0.4) is 0 Å². The summed E-state index contributed by atoms with van der Waals surface area (Å²) in [5.41, 5.74) is 0. The first-order chi connectivity index (χ1) is 8.72. The summed E-state index contributed by atoms with van der Waals surface area (Å²) >= 11 is 4.90. The third-order valence-corrected chi connectivity index (χ3v) is 5.31. The molecule has 1 aliphatic rings. The molecule has 1 saturated heterocycles. The van der Waals surface area contributed by atoms with Crippen molar-refractivity contribution in [3.05, 3.63) is 20.8 Å². The topological polar surface area (TPSA) is 40.5 Å². The average Bonchev–Trinajstić information content (AvgIpc) is 2.78. The van der Waals surface area contributed by atoms with E-state index in [4.69, 9.17) is 5.11 Å². The molecule has 0 bridgehead atoms. The molecule has 1 aromatic rings. The van der Waals surface area contributed by atoms with Crippen LogP contribution in [0.2, 0.25) is 0 Å². The van der Waals surface area contributed by atoms with Gasteiger partial charge in [0.15, 0.2) is 5.78 Å². The highest BCUT2D eigenvalue weighted by molar-refractivity contribution is 9.10. The van der Waals surface area contributed by atoms with Gasteiger partial charge in [0.2, 0.25) is 0 Å². The first kappa shape index (κ1) is 14.2. The van der Waals surface area contributed by atoms with Crippen molar-refractivity contribution in [1.82, 2.24) is 4.90 Å². The van der Waals surface area contributed by atoms with Crippen molar-refractivity contribution < 1.29 is 9.90 Å². The van der Waals surface area contributed by atoms with Crippen LogP contribution < -0.4 is 0 Å². The van der Waals surface area contributed by atoms with Crippen molar-refractivity contribution >= 4 is 33.0 Å². The summed E-state index contributed by atoms with van der Waals surface area (Å²) in [6, 6.07) is 2.28. The second-order valence-electron chi connectivity index (χ2n) is 4.65. The Bertz CT molecular complexity index is 405. The standard InChI is InChI=1S/C13H18BrNO2S/c14-11-5-8-18-13(11)12(17)9-15-6-2-1-3-10(15)4-7-16/h5,8,10,16H,1-4,6-7,9H2. The van der Waals surface area contributed by atoms with Crippen LogP contribution in [0.15, 0.2) is 15.9 Å². The molecule has 1 unspecified atom stereocenters. The van der Waals surface area contributed by atoms with Gasteiger partial charge in [-0.1, -0.05) is 6.42 Å². The van der Waals surface area contributed by atoms with Gasteiger partial charge in [0.05, 0.1) is 11.4 Å². The summed E-state index contributed by atoms with van der Waals surface area (Å²) in [6.45, 7) is 1.65. The number of aliphatic hydroxyl groups excluding tert-OH is 1. The molecule has 0 aliphatic carbocycles. The smallest absolute Gasteiger partial charge is 0.187 e. The molecule has 5 heteroatoms. The van der Waals surface area contributed by atoms with Crippen LogP contribution in [-0.2, 0) is 0 Å². The van der Waals surface area contributed by atoms with Crippen molar-refractivity contribution in [2.75, 3.05) is 19.7 Å². The lowest BCUT2D eigenvalue weighted by Crippen LogP contribution is -2.42. The molecule has 1 aliphatic heterocycles. The highest BCUT2D eigenvalue weighted by Crippen LogP contribution is 2.25. The van der Waals surface area contributed by atoms with E-state index < -0.39 is 0 Å². The predicted octanol–water partition coefficient (Wildman–Crippen LogP) is 2.93. The molecule has 2 rings (SSSR count). The maximum atomic E-state index is 12.2. The van der Waals surface area contributed by atoms with Crippen LogP contribution in [0.4, 0.5) is 0 Å². The number of thiophene rings is 1. The predicted molar refractivity (Wildman–Crippen MR) is 77.3 cm³/mol. The molecule has 18 heavy (non-hydrogen) atoms. The molecule has 0 amide bonds. The molecular formula is C13H18BrNO2S. The number of carbonyl (C=O) groups excluding carboxylic acids is 1. The summed E-state index contributed by atoms with van der Waals surface area (Å²) in [4.78, 5) is 15.3. The van der Waals surface area contributed by atoms with Gasteiger partial charge >= 0.3 is 0 Å². The number of piperidine rings is 1. The van der Waals surface area contributed by atoms with Crippen LogP contribution >= 0.6 is 27.3 Å². The Hall–Kier alpha value is -0.230. The van der Waals surface area contributed by atoms with E-state index in [1.807, 2.05) is 11.4 Å². The maximum Gasteiger partial charge on any atom is 0.187 e. The van der Waals surface area contributed by atoms with Crippen molar-refractivity contribution in [1.29, 1.82) is 0 Å². The minimum Gasteiger partial charge on any atom is -0.396 e. The zero-order chi connectivity index (χ0) is 13.0. The fraction of sp³-hybridized carbons (Fsp3) is 0.615. The highest BCUT2D eigenvalue weighted by atomic mass is 79.9. The van der Waals surface area contributed by atoms with Crippen LogP contribution in [0.1, 0.15) is 35.4 Å². The Morgan fingerprint density at radius 3 is 3.06 bits per heavy atom. The minimum absolute atomic E-state index is 0.182. The molecule has 0 radical (unpaired) electrons. The van der Waals surface area contributed by atoms with Gasteiger partial charge in [-0.25, -0.2) is 0 Å². The van der Waals surface area contributed by atoms with Crippen molar-refractivity contribution in [3.8, 4) is 0 Å². The van der Waals surface area contributed by atoms with Crippen LogP contribution in [0.25, 0.3) is 0 Å². The van der Waals surface area contributed by atoms with E-state index in [9.17, 15) is 4.79 Å². The SMILES string of the molecule is O=C(CN1CCCCC1CCO)c1sccc1Br. The molecule has 0 aromatic carbocycles. The van der Waals surface area contributed by atoms with Gasteiger partial charge in [-0.15, -0.1) is 11.3 Å². The fourth-order valence-corrected chi connectivity index (χ4v) is 4.02. The van der Waals surface area contributed by atoms with E-state index in [0.717, 1.165) is 35.2 Å². The maximum absolute atomic E-state index is 12.2. The summed E-state index contributed by atoms with van der Waals surface area (Å²) < 4.78 is 0.896.